The molecule has 1 saturated heterocycles. The largest absolute Gasteiger partial charge is 0.484 e. The van der Waals surface area contributed by atoms with E-state index in [0.717, 1.165) is 31.5 Å². The van der Waals surface area contributed by atoms with E-state index in [1.165, 1.54) is 12.1 Å². The fourth-order valence-corrected chi connectivity index (χ4v) is 3.57. The average Bonchev–Trinajstić information content (AvgIpc) is 3.60. The van der Waals surface area contributed by atoms with Crippen molar-refractivity contribution in [3.63, 3.8) is 0 Å². The van der Waals surface area contributed by atoms with Crippen LogP contribution in [0, 0.1) is 11.7 Å². The van der Waals surface area contributed by atoms with Crippen LogP contribution >= 0.6 is 0 Å². The first-order valence-corrected chi connectivity index (χ1v) is 10.4. The summed E-state index contributed by atoms with van der Waals surface area (Å²) < 4.78 is 18.8. The Morgan fingerprint density at radius 2 is 1.83 bits per heavy atom. The molecule has 0 bridgehead atoms. The highest BCUT2D eigenvalue weighted by Gasteiger charge is 2.29. The molecule has 2 aromatic rings. The molecule has 1 N–H and O–H groups in total. The molecule has 1 saturated carbocycles. The number of hydrogen-bond donors (Lipinski definition) is 1. The van der Waals surface area contributed by atoms with E-state index in [0.29, 0.717) is 31.1 Å². The number of benzene rings is 2. The first kappa shape index (κ1) is 20.2. The molecule has 2 amide bonds. The van der Waals surface area contributed by atoms with Crippen molar-refractivity contribution in [1.29, 1.82) is 0 Å². The Kier molecular flexibility index (Phi) is 6.16. The summed E-state index contributed by atoms with van der Waals surface area (Å²) in [6.07, 6.45) is 2.74. The minimum atomic E-state index is -0.251. The maximum absolute atomic E-state index is 13.1. The van der Waals surface area contributed by atoms with Crippen molar-refractivity contribution in [2.24, 2.45) is 5.92 Å². The minimum Gasteiger partial charge on any atom is -0.484 e. The second-order valence-corrected chi connectivity index (χ2v) is 7.78. The highest BCUT2D eigenvalue weighted by molar-refractivity contribution is 5.94. The number of halogens is 1. The lowest BCUT2D eigenvalue weighted by Gasteiger charge is -2.23. The Labute approximate surface area is 175 Å². The van der Waals surface area contributed by atoms with Gasteiger partial charge in [-0.2, -0.15) is 0 Å². The molecule has 0 spiro atoms. The first-order valence-electron chi connectivity index (χ1n) is 10.4. The Bertz CT molecular complexity index is 899. The van der Waals surface area contributed by atoms with E-state index in [1.54, 1.807) is 30.3 Å². The van der Waals surface area contributed by atoms with Gasteiger partial charge < -0.3 is 19.9 Å². The molecule has 1 aliphatic carbocycles. The molecule has 0 aromatic heterocycles. The van der Waals surface area contributed by atoms with E-state index < -0.39 is 0 Å². The first-order chi connectivity index (χ1) is 14.6. The lowest BCUT2D eigenvalue weighted by atomic mass is 10.2. The molecule has 158 valence electrons. The van der Waals surface area contributed by atoms with Crippen LogP contribution in [0.4, 0.5) is 15.8 Å². The van der Waals surface area contributed by atoms with E-state index in [1.807, 2.05) is 11.0 Å². The fraction of sp³-hybridized carbons (Fsp3) is 0.391. The van der Waals surface area contributed by atoms with Crippen LogP contribution in [0.25, 0.3) is 0 Å². The predicted molar refractivity (Wildman–Crippen MR) is 113 cm³/mol. The number of nitrogens with one attached hydrogen (secondary N) is 1. The third kappa shape index (κ3) is 5.28. The Morgan fingerprint density at radius 3 is 2.60 bits per heavy atom. The number of ether oxygens (including phenoxy) is 1. The second-order valence-electron chi connectivity index (χ2n) is 7.78. The van der Waals surface area contributed by atoms with Gasteiger partial charge in [-0.15, -0.1) is 0 Å². The lowest BCUT2D eigenvalue weighted by Crippen LogP contribution is -2.38. The minimum absolute atomic E-state index is 0.0403. The maximum Gasteiger partial charge on any atom is 0.260 e. The van der Waals surface area contributed by atoms with Crippen molar-refractivity contribution in [2.75, 3.05) is 43.0 Å². The Hall–Kier alpha value is -3.09. The summed E-state index contributed by atoms with van der Waals surface area (Å²) in [5.74, 6) is 0.411. The number of hydrogen-bond acceptors (Lipinski definition) is 4. The van der Waals surface area contributed by atoms with Crippen molar-refractivity contribution >= 4 is 23.2 Å². The van der Waals surface area contributed by atoms with Crippen LogP contribution in [0.15, 0.2) is 48.5 Å². The lowest BCUT2D eigenvalue weighted by molar-refractivity contribution is -0.133. The van der Waals surface area contributed by atoms with Gasteiger partial charge in [-0.05, 0) is 55.7 Å². The van der Waals surface area contributed by atoms with E-state index in [4.69, 9.17) is 4.74 Å². The van der Waals surface area contributed by atoms with Crippen LogP contribution in [-0.4, -0.2) is 49.5 Å². The van der Waals surface area contributed by atoms with Crippen LogP contribution in [0.1, 0.15) is 19.3 Å². The van der Waals surface area contributed by atoms with Crippen LogP contribution in [0.5, 0.6) is 5.75 Å². The third-order valence-electron chi connectivity index (χ3n) is 5.45. The molecule has 2 aliphatic rings. The van der Waals surface area contributed by atoms with E-state index in [9.17, 15) is 14.0 Å². The third-order valence-corrected chi connectivity index (χ3v) is 5.45. The molecule has 7 heteroatoms. The van der Waals surface area contributed by atoms with Gasteiger partial charge in [0.15, 0.2) is 6.61 Å². The molecular weight excluding hydrogens is 385 g/mol. The SMILES string of the molecule is O=C(Nc1cccc(OCC(=O)N2CCCN(c3ccc(F)cc3)CC2)c1)C1CC1. The zero-order valence-electron chi connectivity index (χ0n) is 16.9. The number of carbonyl (C=O) groups is 2. The molecule has 6 nitrogen and oxygen atoms in total. The van der Waals surface area contributed by atoms with Crippen LogP contribution in [0.3, 0.4) is 0 Å². The Morgan fingerprint density at radius 1 is 1.03 bits per heavy atom. The van der Waals surface area contributed by atoms with E-state index in [2.05, 4.69) is 10.2 Å². The second kappa shape index (κ2) is 9.15. The highest BCUT2D eigenvalue weighted by Crippen LogP contribution is 2.30. The molecular formula is C23H26FN3O3. The summed E-state index contributed by atoms with van der Waals surface area (Å²) in [6.45, 7) is 2.73. The van der Waals surface area contributed by atoms with Crippen molar-refractivity contribution in [3.05, 3.63) is 54.3 Å². The van der Waals surface area contributed by atoms with E-state index >= 15 is 0 Å². The van der Waals surface area contributed by atoms with Crippen LogP contribution < -0.4 is 15.0 Å². The number of rotatable bonds is 6. The van der Waals surface area contributed by atoms with Gasteiger partial charge in [0.2, 0.25) is 5.91 Å². The predicted octanol–water partition coefficient (Wildman–Crippen LogP) is 3.29. The quantitative estimate of drug-likeness (QED) is 0.792. The number of carbonyl (C=O) groups excluding carboxylic acids is 2. The standard InChI is InChI=1S/C23H26FN3O3/c24-18-7-9-20(10-8-18)26-11-2-12-27(14-13-26)22(28)16-30-21-4-1-3-19(15-21)25-23(29)17-5-6-17/h1,3-4,7-10,15,17H,2,5-6,11-14,16H2,(H,25,29). The smallest absolute Gasteiger partial charge is 0.260 e. The molecule has 0 atom stereocenters. The van der Waals surface area contributed by atoms with Crippen molar-refractivity contribution in [1.82, 2.24) is 4.90 Å². The number of nitrogens with zero attached hydrogens (tertiary/aromatic N) is 2. The van der Waals surface area contributed by atoms with Gasteiger partial charge in [-0.25, -0.2) is 4.39 Å². The van der Waals surface area contributed by atoms with Gasteiger partial charge in [0, 0.05) is 49.5 Å². The highest BCUT2D eigenvalue weighted by atomic mass is 19.1. The van der Waals surface area contributed by atoms with Crippen molar-refractivity contribution < 1.29 is 18.7 Å². The van der Waals surface area contributed by atoms with Gasteiger partial charge in [0.25, 0.3) is 5.91 Å². The summed E-state index contributed by atoms with van der Waals surface area (Å²) in [5, 5.41) is 2.88. The molecule has 4 rings (SSSR count). The molecule has 1 heterocycles. The van der Waals surface area contributed by atoms with Gasteiger partial charge >= 0.3 is 0 Å². The average molecular weight is 411 g/mol. The summed E-state index contributed by atoms with van der Waals surface area (Å²) in [6, 6.07) is 13.6. The van der Waals surface area contributed by atoms with Gasteiger partial charge in [0.05, 0.1) is 0 Å². The summed E-state index contributed by atoms with van der Waals surface area (Å²) in [7, 11) is 0. The zero-order valence-corrected chi connectivity index (χ0v) is 16.9. The summed E-state index contributed by atoms with van der Waals surface area (Å²) >= 11 is 0. The maximum atomic E-state index is 13.1. The van der Waals surface area contributed by atoms with Gasteiger partial charge in [-0.1, -0.05) is 6.07 Å². The van der Waals surface area contributed by atoms with Crippen LogP contribution in [-0.2, 0) is 9.59 Å². The topological polar surface area (TPSA) is 61.9 Å². The van der Waals surface area contributed by atoms with Crippen molar-refractivity contribution in [3.8, 4) is 5.75 Å². The van der Waals surface area contributed by atoms with Crippen molar-refractivity contribution in [2.45, 2.75) is 19.3 Å². The number of amides is 2. The van der Waals surface area contributed by atoms with Gasteiger partial charge in [0.1, 0.15) is 11.6 Å². The fourth-order valence-electron chi connectivity index (χ4n) is 3.57. The molecule has 2 aromatic carbocycles. The van der Waals surface area contributed by atoms with Crippen LogP contribution in [0.2, 0.25) is 0 Å². The molecule has 30 heavy (non-hydrogen) atoms. The van der Waals surface area contributed by atoms with E-state index in [-0.39, 0.29) is 30.2 Å². The summed E-state index contributed by atoms with van der Waals surface area (Å²) in [5.41, 5.74) is 1.65. The number of anilines is 2. The molecule has 1 aliphatic heterocycles. The normalized spacial score (nSPS) is 16.7. The monoisotopic (exact) mass is 411 g/mol. The molecule has 0 unspecified atom stereocenters. The Balaban J connectivity index is 1.27. The summed E-state index contributed by atoms with van der Waals surface area (Å²) in [4.78, 5) is 28.5. The van der Waals surface area contributed by atoms with Gasteiger partial charge in [-0.3, -0.25) is 9.59 Å². The molecule has 2 fully saturated rings. The molecule has 0 radical (unpaired) electrons. The zero-order chi connectivity index (χ0) is 20.9.